The van der Waals surface area contributed by atoms with Gasteiger partial charge < -0.3 is 10.1 Å². The van der Waals surface area contributed by atoms with Gasteiger partial charge in [0.15, 0.2) is 0 Å². The first kappa shape index (κ1) is 15.4. The molecule has 1 spiro atoms. The van der Waals surface area contributed by atoms with E-state index < -0.39 is 10.0 Å². The molecule has 0 amide bonds. The van der Waals surface area contributed by atoms with Crippen LogP contribution in [0, 0.1) is 13.8 Å². The van der Waals surface area contributed by atoms with Gasteiger partial charge in [0, 0.05) is 35.9 Å². The molecule has 0 aliphatic carbocycles. The van der Waals surface area contributed by atoms with Crippen LogP contribution in [-0.4, -0.2) is 51.1 Å². The van der Waals surface area contributed by atoms with Crippen LogP contribution in [0.15, 0.2) is 11.0 Å². The van der Waals surface area contributed by atoms with E-state index in [1.807, 2.05) is 13.8 Å². The molecule has 0 unspecified atom stereocenters. The van der Waals surface area contributed by atoms with E-state index in [1.54, 1.807) is 21.7 Å². The van der Waals surface area contributed by atoms with Crippen LogP contribution in [0.1, 0.15) is 22.6 Å². The highest BCUT2D eigenvalue weighted by Crippen LogP contribution is 2.33. The predicted molar refractivity (Wildman–Crippen MR) is 83.3 cm³/mol. The Morgan fingerprint density at radius 2 is 2.05 bits per heavy atom. The van der Waals surface area contributed by atoms with E-state index in [2.05, 4.69) is 5.32 Å². The lowest BCUT2D eigenvalue weighted by atomic mass is 9.91. The number of sulfonamides is 1. The fourth-order valence-corrected chi connectivity index (χ4v) is 6.13. The third-order valence-corrected chi connectivity index (χ3v) is 7.50. The maximum absolute atomic E-state index is 12.8. The summed E-state index contributed by atoms with van der Waals surface area (Å²) >= 11 is 1.54. The Kier molecular flexibility index (Phi) is 4.13. The van der Waals surface area contributed by atoms with Gasteiger partial charge in [0.1, 0.15) is 0 Å². The van der Waals surface area contributed by atoms with Crippen LogP contribution in [0.5, 0.6) is 0 Å². The minimum absolute atomic E-state index is 0.163. The van der Waals surface area contributed by atoms with Gasteiger partial charge in [-0.3, -0.25) is 0 Å². The SMILES string of the molecule is Cc1cc(S(=O)(=O)N2CCC3(CC2)CNCCO3)c(C)s1. The van der Waals surface area contributed by atoms with Gasteiger partial charge in [-0.05, 0) is 32.8 Å². The maximum atomic E-state index is 12.8. The first-order valence-corrected chi connectivity index (χ1v) is 9.61. The molecule has 1 aromatic heterocycles. The Balaban J connectivity index is 1.75. The fraction of sp³-hybridized carbons (Fsp3) is 0.714. The maximum Gasteiger partial charge on any atom is 0.244 e. The second-order valence-corrected chi connectivity index (χ2v) is 9.26. The molecule has 1 aromatic rings. The topological polar surface area (TPSA) is 58.6 Å². The summed E-state index contributed by atoms with van der Waals surface area (Å²) in [5.74, 6) is 0. The van der Waals surface area contributed by atoms with Crippen LogP contribution in [0.25, 0.3) is 0 Å². The monoisotopic (exact) mass is 330 g/mol. The van der Waals surface area contributed by atoms with Gasteiger partial charge in [0.2, 0.25) is 10.0 Å². The van der Waals surface area contributed by atoms with Gasteiger partial charge in [-0.25, -0.2) is 8.42 Å². The Morgan fingerprint density at radius 3 is 2.57 bits per heavy atom. The fourth-order valence-electron chi connectivity index (χ4n) is 3.16. The number of nitrogens with zero attached hydrogens (tertiary/aromatic N) is 1. The number of aryl methyl sites for hydroxylation is 2. The van der Waals surface area contributed by atoms with Gasteiger partial charge in [-0.15, -0.1) is 11.3 Å². The minimum atomic E-state index is -3.36. The molecule has 7 heteroatoms. The van der Waals surface area contributed by atoms with Gasteiger partial charge in [0.05, 0.1) is 17.1 Å². The summed E-state index contributed by atoms with van der Waals surface area (Å²) in [6, 6.07) is 1.79. The van der Waals surface area contributed by atoms with Gasteiger partial charge in [-0.2, -0.15) is 4.31 Å². The molecule has 0 bridgehead atoms. The first-order valence-electron chi connectivity index (χ1n) is 7.35. The number of piperidine rings is 1. The zero-order chi connectivity index (χ0) is 15.1. The number of thiophene rings is 1. The molecule has 2 saturated heterocycles. The molecule has 5 nitrogen and oxygen atoms in total. The number of ether oxygens (including phenoxy) is 1. The van der Waals surface area contributed by atoms with Crippen molar-refractivity contribution in [3.05, 3.63) is 15.8 Å². The molecule has 2 aliphatic rings. The van der Waals surface area contributed by atoms with E-state index in [4.69, 9.17) is 4.74 Å². The van der Waals surface area contributed by atoms with Crippen molar-refractivity contribution in [2.24, 2.45) is 0 Å². The van der Waals surface area contributed by atoms with Crippen LogP contribution in [0.4, 0.5) is 0 Å². The molecule has 118 valence electrons. The molecule has 21 heavy (non-hydrogen) atoms. The molecule has 0 radical (unpaired) electrons. The molecule has 3 rings (SSSR count). The molecule has 0 saturated carbocycles. The molecule has 2 aliphatic heterocycles. The number of rotatable bonds is 2. The molecule has 0 aromatic carbocycles. The quantitative estimate of drug-likeness (QED) is 0.893. The summed E-state index contributed by atoms with van der Waals surface area (Å²) in [6.07, 6.45) is 1.53. The van der Waals surface area contributed by atoms with Crippen molar-refractivity contribution in [1.29, 1.82) is 0 Å². The molecular formula is C14H22N2O3S2. The third-order valence-electron chi connectivity index (χ3n) is 4.38. The summed E-state index contributed by atoms with van der Waals surface area (Å²) in [5, 5.41) is 3.35. The van der Waals surface area contributed by atoms with E-state index >= 15 is 0 Å². The van der Waals surface area contributed by atoms with Crippen LogP contribution >= 0.6 is 11.3 Å². The molecular weight excluding hydrogens is 308 g/mol. The van der Waals surface area contributed by atoms with E-state index in [9.17, 15) is 8.42 Å². The van der Waals surface area contributed by atoms with Crippen molar-refractivity contribution in [1.82, 2.24) is 9.62 Å². The summed E-state index contributed by atoms with van der Waals surface area (Å²) in [6.45, 7) is 7.34. The average Bonchev–Trinajstić information content (AvgIpc) is 2.80. The number of morpholine rings is 1. The summed E-state index contributed by atoms with van der Waals surface area (Å²) in [5.41, 5.74) is -0.163. The Hall–Kier alpha value is -0.470. The van der Waals surface area contributed by atoms with E-state index in [-0.39, 0.29) is 5.60 Å². The lowest BCUT2D eigenvalue weighted by molar-refractivity contribution is -0.0915. The molecule has 1 N–H and O–H groups in total. The average molecular weight is 330 g/mol. The Labute approximate surface area is 130 Å². The smallest absolute Gasteiger partial charge is 0.244 e. The van der Waals surface area contributed by atoms with Crippen molar-refractivity contribution in [2.75, 3.05) is 32.8 Å². The van der Waals surface area contributed by atoms with Crippen LogP contribution in [0.2, 0.25) is 0 Å². The standard InChI is InChI=1S/C14H22N2O3S2/c1-11-9-13(12(2)20-11)21(17,18)16-6-3-14(4-7-16)10-15-5-8-19-14/h9,15H,3-8,10H2,1-2H3. The molecule has 0 atom stereocenters. The van der Waals surface area contributed by atoms with Gasteiger partial charge >= 0.3 is 0 Å². The van der Waals surface area contributed by atoms with E-state index in [0.29, 0.717) is 18.0 Å². The van der Waals surface area contributed by atoms with Crippen molar-refractivity contribution in [3.63, 3.8) is 0 Å². The number of hydrogen-bond acceptors (Lipinski definition) is 5. The van der Waals surface area contributed by atoms with Crippen LogP contribution < -0.4 is 5.32 Å². The summed E-state index contributed by atoms with van der Waals surface area (Å²) < 4.78 is 33.1. The van der Waals surface area contributed by atoms with Crippen molar-refractivity contribution in [2.45, 2.75) is 37.2 Å². The van der Waals surface area contributed by atoms with Gasteiger partial charge in [-0.1, -0.05) is 0 Å². The summed E-state index contributed by atoms with van der Waals surface area (Å²) in [4.78, 5) is 2.39. The normalized spacial score (nSPS) is 23.5. The van der Waals surface area contributed by atoms with E-state index in [1.165, 1.54) is 0 Å². The highest BCUT2D eigenvalue weighted by molar-refractivity contribution is 7.89. The highest BCUT2D eigenvalue weighted by Gasteiger charge is 2.40. The Bertz CT molecular complexity index is 608. The second-order valence-electron chi connectivity index (χ2n) is 5.89. The van der Waals surface area contributed by atoms with Crippen LogP contribution in [-0.2, 0) is 14.8 Å². The largest absolute Gasteiger partial charge is 0.372 e. The Morgan fingerprint density at radius 1 is 1.33 bits per heavy atom. The van der Waals surface area contributed by atoms with Crippen molar-refractivity contribution >= 4 is 21.4 Å². The molecule has 3 heterocycles. The van der Waals surface area contributed by atoms with Crippen molar-refractivity contribution < 1.29 is 13.2 Å². The van der Waals surface area contributed by atoms with Crippen molar-refractivity contribution in [3.8, 4) is 0 Å². The van der Waals surface area contributed by atoms with E-state index in [0.717, 1.165) is 42.3 Å². The summed E-state index contributed by atoms with van der Waals surface area (Å²) in [7, 11) is -3.36. The second kappa shape index (κ2) is 5.62. The predicted octanol–water partition coefficient (Wildman–Crippen LogP) is 1.51. The lowest BCUT2D eigenvalue weighted by Gasteiger charge is -2.43. The van der Waals surface area contributed by atoms with Crippen LogP contribution in [0.3, 0.4) is 0 Å². The van der Waals surface area contributed by atoms with Gasteiger partial charge in [0.25, 0.3) is 0 Å². The first-order chi connectivity index (χ1) is 9.93. The molecule has 2 fully saturated rings. The minimum Gasteiger partial charge on any atom is -0.372 e. The zero-order valence-corrected chi connectivity index (χ0v) is 14.1. The zero-order valence-electron chi connectivity index (χ0n) is 12.5. The number of hydrogen-bond donors (Lipinski definition) is 1. The highest BCUT2D eigenvalue weighted by atomic mass is 32.2. The lowest BCUT2D eigenvalue weighted by Crippen LogP contribution is -2.56. The third kappa shape index (κ3) is 2.90. The number of nitrogens with one attached hydrogen (secondary N) is 1.